The Balaban J connectivity index is 1.42. The lowest BCUT2D eigenvalue weighted by molar-refractivity contribution is -0.151. The van der Waals surface area contributed by atoms with Gasteiger partial charge in [0.25, 0.3) is 5.91 Å². The summed E-state index contributed by atoms with van der Waals surface area (Å²) in [7, 11) is 3.40. The average Bonchev–Trinajstić information content (AvgIpc) is 3.34. The highest BCUT2D eigenvalue weighted by Gasteiger charge is 2.27. The van der Waals surface area contributed by atoms with Crippen molar-refractivity contribution in [2.24, 2.45) is 0 Å². The number of hydrogen-bond acceptors (Lipinski definition) is 6. The molecule has 0 atom stereocenters. The molecule has 2 N–H and O–H groups in total. The Morgan fingerprint density at radius 3 is 2.22 bits per heavy atom. The molecule has 2 amide bonds. The second kappa shape index (κ2) is 12.1. The van der Waals surface area contributed by atoms with Gasteiger partial charge in [0.1, 0.15) is 12.3 Å². The molecule has 0 radical (unpaired) electrons. The van der Waals surface area contributed by atoms with Crippen LogP contribution in [0.1, 0.15) is 25.0 Å². The van der Waals surface area contributed by atoms with Gasteiger partial charge in [-0.15, -0.1) is 0 Å². The molecule has 8 nitrogen and oxygen atoms in total. The first-order valence-corrected chi connectivity index (χ1v) is 12.8. The predicted octanol–water partition coefficient (Wildman–Crippen LogP) is 3.48. The van der Waals surface area contributed by atoms with Crippen LogP contribution in [0.4, 0.5) is 5.69 Å². The van der Waals surface area contributed by atoms with Crippen molar-refractivity contribution in [3.8, 4) is 5.75 Å². The van der Waals surface area contributed by atoms with Gasteiger partial charge in [-0.1, -0.05) is 62.4 Å². The molecular weight excluding hydrogens is 466 g/mol. The van der Waals surface area contributed by atoms with Crippen molar-refractivity contribution in [1.82, 2.24) is 20.2 Å². The van der Waals surface area contributed by atoms with Crippen molar-refractivity contribution in [2.75, 3.05) is 45.7 Å². The van der Waals surface area contributed by atoms with E-state index in [9.17, 15) is 9.59 Å². The fourth-order valence-corrected chi connectivity index (χ4v) is 4.54. The van der Waals surface area contributed by atoms with Crippen molar-refractivity contribution >= 4 is 28.3 Å². The summed E-state index contributed by atoms with van der Waals surface area (Å²) in [5, 5.41) is 12.4. The molecule has 4 rings (SSSR count). The number of carbonyl (C=O) groups excluding carboxylic acids is 2. The Morgan fingerprint density at radius 1 is 0.973 bits per heavy atom. The lowest BCUT2D eigenvalue weighted by Crippen LogP contribution is -2.49. The van der Waals surface area contributed by atoms with Crippen molar-refractivity contribution in [3.63, 3.8) is 0 Å². The van der Waals surface area contributed by atoms with Gasteiger partial charge in [0.15, 0.2) is 0 Å². The first kappa shape index (κ1) is 26.4. The van der Waals surface area contributed by atoms with Crippen LogP contribution in [0, 0.1) is 0 Å². The van der Waals surface area contributed by atoms with Crippen molar-refractivity contribution < 1.29 is 14.3 Å². The number of methoxy groups -OCH3 is 1. The number of hydrazine groups is 1. The van der Waals surface area contributed by atoms with Gasteiger partial charge in [-0.25, -0.2) is 5.01 Å². The van der Waals surface area contributed by atoms with Crippen molar-refractivity contribution in [1.29, 1.82) is 0 Å². The van der Waals surface area contributed by atoms with Gasteiger partial charge in [-0.3, -0.25) is 14.6 Å². The SMILES string of the molecule is COc1cc2ccccc2cc1NCC(=O)N(CCNC(C)C)CC(=O)N(C)N1Cc2ccccc2C1. The third-order valence-electron chi connectivity index (χ3n) is 6.72. The number of amides is 2. The number of ether oxygens (including phenoxy) is 1. The van der Waals surface area contributed by atoms with Gasteiger partial charge >= 0.3 is 0 Å². The molecule has 0 aliphatic carbocycles. The smallest absolute Gasteiger partial charge is 0.256 e. The maximum atomic E-state index is 13.3. The summed E-state index contributed by atoms with van der Waals surface area (Å²) < 4.78 is 5.55. The molecule has 0 unspecified atom stereocenters. The number of rotatable bonds is 11. The van der Waals surface area contributed by atoms with Crippen LogP contribution < -0.4 is 15.4 Å². The standard InChI is InChI=1S/C29H37N5O3/c1-21(2)30-13-14-33(20-29(36)32(3)34-18-24-11-7-8-12-25(24)19-34)28(35)17-31-26-15-22-9-5-6-10-23(22)16-27(26)37-4/h5-12,15-16,21,30-31H,13-14,17-20H2,1-4H3. The Bertz CT molecular complexity index is 1220. The normalized spacial score (nSPS) is 13.0. The minimum absolute atomic E-state index is 0.0124. The number of benzene rings is 3. The highest BCUT2D eigenvalue weighted by molar-refractivity contribution is 5.91. The van der Waals surface area contributed by atoms with Crippen LogP contribution in [0.25, 0.3) is 10.8 Å². The van der Waals surface area contributed by atoms with Gasteiger partial charge in [0, 0.05) is 39.3 Å². The van der Waals surface area contributed by atoms with Crippen molar-refractivity contribution in [2.45, 2.75) is 33.0 Å². The van der Waals surface area contributed by atoms with E-state index in [0.717, 1.165) is 16.5 Å². The Hall–Kier alpha value is -3.62. The zero-order valence-electron chi connectivity index (χ0n) is 22.2. The van der Waals surface area contributed by atoms with E-state index < -0.39 is 0 Å². The van der Waals surface area contributed by atoms with E-state index >= 15 is 0 Å². The minimum atomic E-state index is -0.146. The molecule has 0 saturated carbocycles. The van der Waals surface area contributed by atoms with E-state index in [-0.39, 0.29) is 24.9 Å². The number of fused-ring (bicyclic) bond motifs is 2. The van der Waals surface area contributed by atoms with Crippen LogP contribution in [0.2, 0.25) is 0 Å². The first-order valence-electron chi connectivity index (χ1n) is 12.8. The Kier molecular flexibility index (Phi) is 8.63. The molecule has 3 aromatic carbocycles. The molecule has 0 aromatic heterocycles. The van der Waals surface area contributed by atoms with Crippen LogP contribution in [0.5, 0.6) is 5.75 Å². The number of anilines is 1. The van der Waals surface area contributed by atoms with E-state index in [2.05, 4.69) is 36.6 Å². The summed E-state index contributed by atoms with van der Waals surface area (Å²) in [5.74, 6) is 0.408. The molecule has 1 heterocycles. The monoisotopic (exact) mass is 503 g/mol. The zero-order chi connectivity index (χ0) is 26.4. The molecule has 0 spiro atoms. The fourth-order valence-electron chi connectivity index (χ4n) is 4.54. The van der Waals surface area contributed by atoms with E-state index in [4.69, 9.17) is 4.74 Å². The van der Waals surface area contributed by atoms with Gasteiger partial charge in [0.2, 0.25) is 5.91 Å². The largest absolute Gasteiger partial charge is 0.495 e. The van der Waals surface area contributed by atoms with E-state index in [0.29, 0.717) is 38.0 Å². The Morgan fingerprint density at radius 2 is 1.59 bits per heavy atom. The highest BCUT2D eigenvalue weighted by Crippen LogP contribution is 2.30. The third kappa shape index (κ3) is 6.58. The first-order chi connectivity index (χ1) is 17.9. The lowest BCUT2D eigenvalue weighted by atomic mass is 10.1. The molecule has 37 heavy (non-hydrogen) atoms. The summed E-state index contributed by atoms with van der Waals surface area (Å²) >= 11 is 0. The summed E-state index contributed by atoms with van der Waals surface area (Å²) in [4.78, 5) is 28.2. The number of nitrogens with zero attached hydrogens (tertiary/aromatic N) is 3. The van der Waals surface area contributed by atoms with Crippen LogP contribution >= 0.6 is 0 Å². The van der Waals surface area contributed by atoms with Crippen LogP contribution in [0.3, 0.4) is 0 Å². The zero-order valence-corrected chi connectivity index (χ0v) is 22.2. The second-order valence-electron chi connectivity index (χ2n) is 9.69. The summed E-state index contributed by atoms with van der Waals surface area (Å²) in [5.41, 5.74) is 3.20. The number of hydrogen-bond donors (Lipinski definition) is 2. The van der Waals surface area contributed by atoms with Crippen molar-refractivity contribution in [3.05, 3.63) is 71.8 Å². The fraction of sp³-hybridized carbons (Fsp3) is 0.379. The predicted molar refractivity (Wildman–Crippen MR) is 147 cm³/mol. The van der Waals surface area contributed by atoms with Gasteiger partial charge < -0.3 is 20.3 Å². The molecule has 1 aliphatic heterocycles. The van der Waals surface area contributed by atoms with Gasteiger partial charge in [-0.2, -0.15) is 0 Å². The van der Waals surface area contributed by atoms with E-state index in [1.807, 2.05) is 53.5 Å². The molecule has 0 saturated heterocycles. The average molecular weight is 504 g/mol. The molecular formula is C29H37N5O3. The Labute approximate surface area is 219 Å². The lowest BCUT2D eigenvalue weighted by Gasteiger charge is -2.31. The second-order valence-corrected chi connectivity index (χ2v) is 9.69. The van der Waals surface area contributed by atoms with Crippen LogP contribution in [-0.2, 0) is 22.7 Å². The van der Waals surface area contributed by atoms with E-state index in [1.54, 1.807) is 24.1 Å². The topological polar surface area (TPSA) is 77.1 Å². The molecule has 3 aromatic rings. The molecule has 8 heteroatoms. The van der Waals surface area contributed by atoms with E-state index in [1.165, 1.54) is 11.1 Å². The molecule has 196 valence electrons. The number of likely N-dealkylation sites (N-methyl/N-ethyl adjacent to an activating group) is 1. The maximum Gasteiger partial charge on any atom is 0.256 e. The summed E-state index contributed by atoms with van der Waals surface area (Å²) in [6, 6.07) is 20.5. The molecule has 0 fully saturated rings. The molecule has 0 bridgehead atoms. The van der Waals surface area contributed by atoms with Gasteiger partial charge in [0.05, 0.1) is 19.3 Å². The highest BCUT2D eigenvalue weighted by atomic mass is 16.5. The minimum Gasteiger partial charge on any atom is -0.495 e. The quantitative estimate of drug-likeness (QED) is 0.417. The van der Waals surface area contributed by atoms with Crippen LogP contribution in [-0.4, -0.2) is 73.1 Å². The summed E-state index contributed by atoms with van der Waals surface area (Å²) in [6.45, 7) is 6.60. The van der Waals surface area contributed by atoms with Crippen LogP contribution in [0.15, 0.2) is 60.7 Å². The van der Waals surface area contributed by atoms with Gasteiger partial charge in [-0.05, 0) is 34.0 Å². The maximum absolute atomic E-state index is 13.3. The third-order valence-corrected chi connectivity index (χ3v) is 6.72. The number of carbonyl (C=O) groups is 2. The summed E-state index contributed by atoms with van der Waals surface area (Å²) in [6.07, 6.45) is 0. The molecule has 1 aliphatic rings. The number of nitrogens with one attached hydrogen (secondary N) is 2.